The molecule has 0 fully saturated rings. The van der Waals surface area contributed by atoms with Crippen molar-refractivity contribution in [2.24, 2.45) is 0 Å². The van der Waals surface area contributed by atoms with Crippen LogP contribution in [0.1, 0.15) is 32.2 Å². The summed E-state index contributed by atoms with van der Waals surface area (Å²) in [6, 6.07) is 5.33. The molecule has 34 heavy (non-hydrogen) atoms. The molecule has 0 saturated heterocycles. The van der Waals surface area contributed by atoms with Crippen LogP contribution in [0.5, 0.6) is 11.8 Å². The van der Waals surface area contributed by atoms with Gasteiger partial charge in [0, 0.05) is 19.0 Å². The van der Waals surface area contributed by atoms with Crippen LogP contribution in [0, 0.1) is 11.6 Å². The minimum atomic E-state index is -0.751. The molecule has 1 aromatic carbocycles. The van der Waals surface area contributed by atoms with Crippen LogP contribution in [0.2, 0.25) is 5.02 Å². The molecular formula is C22H20ClF2N7O2. The second-order valence-corrected chi connectivity index (χ2v) is 8.34. The Labute approximate surface area is 198 Å². The van der Waals surface area contributed by atoms with Gasteiger partial charge in [-0.15, -0.1) is 0 Å². The van der Waals surface area contributed by atoms with Crippen LogP contribution < -0.4 is 15.4 Å². The average molecular weight is 488 g/mol. The Kier molecular flexibility index (Phi) is 6.29. The number of imidazole rings is 1. The van der Waals surface area contributed by atoms with Gasteiger partial charge in [-0.2, -0.15) is 4.98 Å². The Hall–Kier alpha value is -3.86. The number of aromatic amines is 1. The van der Waals surface area contributed by atoms with Crippen molar-refractivity contribution in [1.29, 1.82) is 0 Å². The van der Waals surface area contributed by atoms with E-state index in [0.29, 0.717) is 17.1 Å². The molecule has 0 saturated carbocycles. The number of hydrogen-bond acceptors (Lipinski definition) is 7. The number of benzene rings is 1. The quantitative estimate of drug-likeness (QED) is 0.352. The molecule has 3 N–H and O–H groups in total. The van der Waals surface area contributed by atoms with Gasteiger partial charge in [0.1, 0.15) is 17.5 Å². The molecule has 0 aliphatic carbocycles. The van der Waals surface area contributed by atoms with E-state index in [1.807, 2.05) is 0 Å². The summed E-state index contributed by atoms with van der Waals surface area (Å²) in [7, 11) is 0. The molecule has 0 unspecified atom stereocenters. The SMILES string of the molecule is CC(=O)NC(C)(C)c1ncc(Oc2nc3nc(NCc4c(F)cccc4F)c(Cl)cc3[nH]2)cn1. The van der Waals surface area contributed by atoms with E-state index in [1.54, 1.807) is 19.9 Å². The molecule has 1 amide bonds. The predicted octanol–water partition coefficient (Wildman–Crippen LogP) is 4.46. The molecule has 0 atom stereocenters. The number of carbonyl (C=O) groups is 1. The van der Waals surface area contributed by atoms with Crippen molar-refractivity contribution in [3.05, 3.63) is 64.7 Å². The number of nitrogens with zero attached hydrogens (tertiary/aromatic N) is 4. The van der Waals surface area contributed by atoms with Gasteiger partial charge in [-0.3, -0.25) is 4.79 Å². The van der Waals surface area contributed by atoms with Crippen LogP contribution in [0.3, 0.4) is 0 Å². The lowest BCUT2D eigenvalue weighted by molar-refractivity contribution is -0.120. The number of amides is 1. The number of halogens is 3. The molecule has 0 radical (unpaired) electrons. The van der Waals surface area contributed by atoms with Crippen molar-refractivity contribution in [2.75, 3.05) is 5.32 Å². The highest BCUT2D eigenvalue weighted by Gasteiger charge is 2.24. The fourth-order valence-electron chi connectivity index (χ4n) is 3.24. The normalized spacial score (nSPS) is 11.5. The van der Waals surface area contributed by atoms with Gasteiger partial charge in [-0.05, 0) is 32.0 Å². The van der Waals surface area contributed by atoms with Crippen molar-refractivity contribution in [1.82, 2.24) is 30.2 Å². The van der Waals surface area contributed by atoms with Gasteiger partial charge in [-0.1, -0.05) is 17.7 Å². The number of pyridine rings is 1. The summed E-state index contributed by atoms with van der Waals surface area (Å²) < 4.78 is 33.4. The number of fused-ring (bicyclic) bond motifs is 1. The summed E-state index contributed by atoms with van der Waals surface area (Å²) in [6.45, 7) is 4.83. The van der Waals surface area contributed by atoms with Crippen LogP contribution in [-0.2, 0) is 16.9 Å². The van der Waals surface area contributed by atoms with Crippen molar-refractivity contribution in [2.45, 2.75) is 32.9 Å². The number of aromatic nitrogens is 5. The molecule has 9 nitrogen and oxygen atoms in total. The van der Waals surface area contributed by atoms with Crippen molar-refractivity contribution in [3.63, 3.8) is 0 Å². The Bertz CT molecular complexity index is 1340. The number of carbonyl (C=O) groups excluding carboxylic acids is 1. The number of hydrogen-bond donors (Lipinski definition) is 3. The van der Waals surface area contributed by atoms with Gasteiger partial charge in [0.2, 0.25) is 5.91 Å². The van der Waals surface area contributed by atoms with E-state index in [-0.39, 0.29) is 40.5 Å². The molecule has 3 heterocycles. The Morgan fingerprint density at radius 2 is 1.85 bits per heavy atom. The van der Waals surface area contributed by atoms with E-state index in [9.17, 15) is 13.6 Å². The molecule has 4 aromatic rings. The van der Waals surface area contributed by atoms with E-state index in [0.717, 1.165) is 0 Å². The van der Waals surface area contributed by atoms with Crippen molar-refractivity contribution < 1.29 is 18.3 Å². The zero-order valence-electron chi connectivity index (χ0n) is 18.4. The maximum absolute atomic E-state index is 13.9. The van der Waals surface area contributed by atoms with Crippen LogP contribution in [0.15, 0.2) is 36.7 Å². The monoisotopic (exact) mass is 487 g/mol. The number of rotatable bonds is 7. The van der Waals surface area contributed by atoms with Gasteiger partial charge in [0.05, 0.1) is 28.5 Å². The fourth-order valence-corrected chi connectivity index (χ4v) is 3.46. The molecule has 176 valence electrons. The number of H-pyrrole nitrogens is 1. The second-order valence-electron chi connectivity index (χ2n) is 7.94. The van der Waals surface area contributed by atoms with E-state index in [2.05, 4.69) is 35.6 Å². The first-order valence-electron chi connectivity index (χ1n) is 10.1. The van der Waals surface area contributed by atoms with Crippen LogP contribution in [0.4, 0.5) is 14.6 Å². The largest absolute Gasteiger partial charge is 0.422 e. The minimum Gasteiger partial charge on any atom is -0.422 e. The Balaban J connectivity index is 1.50. The van der Waals surface area contributed by atoms with E-state index in [1.165, 1.54) is 37.5 Å². The summed E-state index contributed by atoms with van der Waals surface area (Å²) in [5.41, 5.74) is -0.108. The summed E-state index contributed by atoms with van der Waals surface area (Å²) in [4.78, 5) is 31.4. The first-order valence-corrected chi connectivity index (χ1v) is 10.5. The highest BCUT2D eigenvalue weighted by Crippen LogP contribution is 2.28. The number of nitrogens with one attached hydrogen (secondary N) is 3. The third-order valence-electron chi connectivity index (χ3n) is 4.79. The van der Waals surface area contributed by atoms with Crippen molar-refractivity contribution >= 4 is 34.5 Å². The molecule has 0 bridgehead atoms. The molecule has 4 rings (SSSR count). The summed E-state index contributed by atoms with van der Waals surface area (Å²) in [5.74, 6) is -0.614. The average Bonchev–Trinajstić information content (AvgIpc) is 3.13. The number of ether oxygens (including phenoxy) is 1. The summed E-state index contributed by atoms with van der Waals surface area (Å²) in [6.07, 6.45) is 2.91. The van der Waals surface area contributed by atoms with Gasteiger partial charge >= 0.3 is 6.01 Å². The Morgan fingerprint density at radius 1 is 1.18 bits per heavy atom. The van der Waals surface area contributed by atoms with Crippen LogP contribution >= 0.6 is 11.6 Å². The molecule has 3 aromatic heterocycles. The second kappa shape index (κ2) is 9.18. The third-order valence-corrected chi connectivity index (χ3v) is 5.08. The highest BCUT2D eigenvalue weighted by molar-refractivity contribution is 6.33. The maximum Gasteiger partial charge on any atom is 0.301 e. The fraction of sp³-hybridized carbons (Fsp3) is 0.227. The highest BCUT2D eigenvalue weighted by atomic mass is 35.5. The lowest BCUT2D eigenvalue weighted by Crippen LogP contribution is -2.41. The summed E-state index contributed by atoms with van der Waals surface area (Å²) in [5, 5.41) is 5.83. The Morgan fingerprint density at radius 3 is 2.50 bits per heavy atom. The predicted molar refractivity (Wildman–Crippen MR) is 122 cm³/mol. The van der Waals surface area contributed by atoms with Crippen molar-refractivity contribution in [3.8, 4) is 11.8 Å². The van der Waals surface area contributed by atoms with Crippen LogP contribution in [-0.4, -0.2) is 30.8 Å². The van der Waals surface area contributed by atoms with Gasteiger partial charge in [0.25, 0.3) is 0 Å². The van der Waals surface area contributed by atoms with Crippen LogP contribution in [0.25, 0.3) is 11.2 Å². The van der Waals surface area contributed by atoms with E-state index in [4.69, 9.17) is 16.3 Å². The summed E-state index contributed by atoms with van der Waals surface area (Å²) >= 11 is 6.26. The smallest absolute Gasteiger partial charge is 0.301 e. The first-order chi connectivity index (χ1) is 16.1. The molecule has 0 aliphatic rings. The maximum atomic E-state index is 13.9. The van der Waals surface area contributed by atoms with Gasteiger partial charge < -0.3 is 20.4 Å². The molecule has 12 heteroatoms. The lowest BCUT2D eigenvalue weighted by Gasteiger charge is -2.23. The third kappa shape index (κ3) is 5.04. The standard InChI is InChI=1S/C22H20ClF2N7O2/c1-11(33)32-22(2,3)20-27-8-12(9-28-20)34-21-29-17-7-14(23)18(30-19(17)31-21)26-10-13-15(24)5-4-6-16(13)25/h4-9H,10H2,1-3H3,(H,32,33)(H2,26,29,30,31). The zero-order valence-corrected chi connectivity index (χ0v) is 19.2. The zero-order chi connectivity index (χ0) is 24.5. The first kappa shape index (κ1) is 23.3. The van der Waals surface area contributed by atoms with E-state index >= 15 is 0 Å². The lowest BCUT2D eigenvalue weighted by atomic mass is 10.0. The van der Waals surface area contributed by atoms with Gasteiger partial charge in [-0.25, -0.2) is 23.7 Å². The number of anilines is 1. The molecule has 0 aliphatic heterocycles. The topological polar surface area (TPSA) is 118 Å². The van der Waals surface area contributed by atoms with E-state index < -0.39 is 17.2 Å². The van der Waals surface area contributed by atoms with Gasteiger partial charge in [0.15, 0.2) is 17.2 Å². The molecular weight excluding hydrogens is 468 g/mol. The minimum absolute atomic E-state index is 0.119. The molecule has 0 spiro atoms.